The smallest absolute Gasteiger partial charge is 0.311 e. The molecule has 1 heterocycles. The largest absolute Gasteiger partial charge is 0.481 e. The summed E-state index contributed by atoms with van der Waals surface area (Å²) >= 11 is 12.2. The number of aryl methyl sites for hydroxylation is 1. The Morgan fingerprint density at radius 1 is 1.22 bits per heavy atom. The lowest BCUT2D eigenvalue weighted by Gasteiger charge is -2.21. The number of aromatic nitrogens is 1. The molecule has 0 spiro atoms. The van der Waals surface area contributed by atoms with E-state index in [4.69, 9.17) is 23.2 Å². The topological polar surface area (TPSA) is 50.2 Å². The summed E-state index contributed by atoms with van der Waals surface area (Å²) in [6.45, 7) is 3.73. The molecule has 0 aliphatic rings. The quantitative estimate of drug-likeness (QED) is 0.518. The van der Waals surface area contributed by atoms with Crippen molar-refractivity contribution in [1.82, 2.24) is 4.98 Å². The van der Waals surface area contributed by atoms with E-state index in [2.05, 4.69) is 4.98 Å². The summed E-state index contributed by atoms with van der Waals surface area (Å²) in [5.41, 5.74) is 3.25. The maximum atomic E-state index is 13.7. The maximum Gasteiger partial charge on any atom is 0.311 e. The van der Waals surface area contributed by atoms with Gasteiger partial charge in [-0.25, -0.2) is 4.39 Å². The fraction of sp³-hybridized carbons (Fsp3) is 0.238. The minimum Gasteiger partial charge on any atom is -0.481 e. The van der Waals surface area contributed by atoms with Gasteiger partial charge in [0.05, 0.1) is 16.5 Å². The lowest BCUT2D eigenvalue weighted by atomic mass is 9.85. The zero-order chi connectivity index (χ0) is 19.7. The van der Waals surface area contributed by atoms with Gasteiger partial charge in [0.1, 0.15) is 5.82 Å². The number of rotatable bonds is 5. The van der Waals surface area contributed by atoms with Crippen molar-refractivity contribution in [1.29, 1.82) is 0 Å². The van der Waals surface area contributed by atoms with Gasteiger partial charge in [0, 0.05) is 16.1 Å². The average Bonchev–Trinajstić information content (AvgIpc) is 2.61. The van der Waals surface area contributed by atoms with Crippen molar-refractivity contribution in [3.8, 4) is 11.1 Å². The molecule has 6 heteroatoms. The van der Waals surface area contributed by atoms with Crippen molar-refractivity contribution in [2.24, 2.45) is 0 Å². The lowest BCUT2D eigenvalue weighted by Crippen LogP contribution is -2.15. The van der Waals surface area contributed by atoms with Crippen LogP contribution in [-0.2, 0) is 4.79 Å². The SMILES string of the molecule is CCCC(C(=O)O)c1c(C)nc2ccc(Cl)cc2c1-c1ccc(F)c(Cl)c1. The highest BCUT2D eigenvalue weighted by molar-refractivity contribution is 6.32. The van der Waals surface area contributed by atoms with Crippen molar-refractivity contribution in [3.05, 3.63) is 63.5 Å². The van der Waals surface area contributed by atoms with E-state index >= 15 is 0 Å². The molecule has 1 unspecified atom stereocenters. The van der Waals surface area contributed by atoms with Crippen LogP contribution in [0.15, 0.2) is 36.4 Å². The Hall–Kier alpha value is -2.17. The molecule has 1 N–H and O–H groups in total. The van der Waals surface area contributed by atoms with E-state index in [0.29, 0.717) is 51.2 Å². The number of carbonyl (C=O) groups is 1. The number of hydrogen-bond donors (Lipinski definition) is 1. The Labute approximate surface area is 166 Å². The second kappa shape index (κ2) is 7.83. The van der Waals surface area contributed by atoms with E-state index in [-0.39, 0.29) is 5.02 Å². The Kier molecular flexibility index (Phi) is 5.68. The first kappa shape index (κ1) is 19.6. The molecular weight excluding hydrogens is 388 g/mol. The van der Waals surface area contributed by atoms with Gasteiger partial charge in [-0.1, -0.05) is 42.6 Å². The standard InChI is InChI=1S/C21H18Cl2FNO2/c1-3-4-14(21(26)27)19-11(2)25-18-8-6-13(22)10-15(18)20(19)12-5-7-17(24)16(23)9-12/h5-10,14H,3-4H2,1-2H3,(H,26,27). The van der Waals surface area contributed by atoms with E-state index in [1.165, 1.54) is 12.1 Å². The molecule has 2 aromatic carbocycles. The maximum absolute atomic E-state index is 13.7. The third kappa shape index (κ3) is 3.78. The first-order chi connectivity index (χ1) is 12.8. The molecule has 0 saturated carbocycles. The fourth-order valence-corrected chi connectivity index (χ4v) is 3.79. The van der Waals surface area contributed by atoms with Crippen LogP contribution in [0, 0.1) is 12.7 Å². The van der Waals surface area contributed by atoms with E-state index in [0.717, 1.165) is 0 Å². The zero-order valence-corrected chi connectivity index (χ0v) is 16.4. The molecule has 140 valence electrons. The van der Waals surface area contributed by atoms with Crippen LogP contribution in [0.4, 0.5) is 4.39 Å². The minimum absolute atomic E-state index is 0.0227. The van der Waals surface area contributed by atoms with Crippen molar-refractivity contribution in [2.45, 2.75) is 32.6 Å². The average molecular weight is 406 g/mol. The number of fused-ring (bicyclic) bond motifs is 1. The van der Waals surface area contributed by atoms with Crippen LogP contribution in [0.3, 0.4) is 0 Å². The molecule has 3 nitrogen and oxygen atoms in total. The highest BCUT2D eigenvalue weighted by Gasteiger charge is 2.27. The molecule has 3 rings (SSSR count). The highest BCUT2D eigenvalue weighted by atomic mass is 35.5. The normalized spacial score (nSPS) is 12.3. The molecular formula is C21H18Cl2FNO2. The third-order valence-electron chi connectivity index (χ3n) is 4.61. The molecule has 0 fully saturated rings. The van der Waals surface area contributed by atoms with E-state index in [9.17, 15) is 14.3 Å². The summed E-state index contributed by atoms with van der Waals surface area (Å²) in [5.74, 6) is -2.18. The van der Waals surface area contributed by atoms with Crippen molar-refractivity contribution >= 4 is 40.1 Å². The molecule has 0 saturated heterocycles. The van der Waals surface area contributed by atoms with E-state index < -0.39 is 17.7 Å². The van der Waals surface area contributed by atoms with Gasteiger partial charge < -0.3 is 5.11 Å². The van der Waals surface area contributed by atoms with Crippen LogP contribution in [0.5, 0.6) is 0 Å². The lowest BCUT2D eigenvalue weighted by molar-refractivity contribution is -0.139. The van der Waals surface area contributed by atoms with E-state index in [1.807, 2.05) is 6.92 Å². The Morgan fingerprint density at radius 3 is 2.59 bits per heavy atom. The summed E-state index contributed by atoms with van der Waals surface area (Å²) in [5, 5.41) is 11.0. The van der Waals surface area contributed by atoms with Crippen LogP contribution in [0.25, 0.3) is 22.0 Å². The first-order valence-electron chi connectivity index (χ1n) is 8.61. The van der Waals surface area contributed by atoms with Crippen molar-refractivity contribution < 1.29 is 14.3 Å². The van der Waals surface area contributed by atoms with Gasteiger partial charge >= 0.3 is 5.97 Å². The number of pyridine rings is 1. The predicted molar refractivity (Wildman–Crippen MR) is 107 cm³/mol. The van der Waals surface area contributed by atoms with Crippen LogP contribution in [0.2, 0.25) is 10.0 Å². The predicted octanol–water partition coefficient (Wildman–Crippen LogP) is 6.62. The van der Waals surface area contributed by atoms with Crippen LogP contribution in [-0.4, -0.2) is 16.1 Å². The molecule has 3 aromatic rings. The van der Waals surface area contributed by atoms with Gasteiger partial charge in [-0.2, -0.15) is 0 Å². The monoisotopic (exact) mass is 405 g/mol. The number of aliphatic carboxylic acids is 1. The second-order valence-corrected chi connectivity index (χ2v) is 7.30. The highest BCUT2D eigenvalue weighted by Crippen LogP contribution is 2.40. The third-order valence-corrected chi connectivity index (χ3v) is 5.13. The summed E-state index contributed by atoms with van der Waals surface area (Å²) in [7, 11) is 0. The molecule has 1 atom stereocenters. The van der Waals surface area contributed by atoms with Gasteiger partial charge in [0.2, 0.25) is 0 Å². The molecule has 0 aliphatic carbocycles. The Bertz CT molecular complexity index is 1040. The summed E-state index contributed by atoms with van der Waals surface area (Å²) in [6, 6.07) is 9.68. The van der Waals surface area contributed by atoms with Crippen LogP contribution >= 0.6 is 23.2 Å². The molecule has 27 heavy (non-hydrogen) atoms. The van der Waals surface area contributed by atoms with E-state index in [1.54, 1.807) is 31.2 Å². The molecule has 0 amide bonds. The number of carboxylic acids is 1. The molecule has 0 bridgehead atoms. The van der Waals surface area contributed by atoms with Crippen LogP contribution in [0.1, 0.15) is 36.9 Å². The fourth-order valence-electron chi connectivity index (χ4n) is 3.44. The summed E-state index contributed by atoms with van der Waals surface area (Å²) in [4.78, 5) is 16.6. The van der Waals surface area contributed by atoms with Gasteiger partial charge in [0.25, 0.3) is 0 Å². The number of hydrogen-bond acceptors (Lipinski definition) is 2. The van der Waals surface area contributed by atoms with Gasteiger partial charge in [-0.15, -0.1) is 0 Å². The molecule has 0 aliphatic heterocycles. The summed E-state index contributed by atoms with van der Waals surface area (Å²) in [6.07, 6.45) is 1.17. The second-order valence-electron chi connectivity index (χ2n) is 6.46. The Balaban J connectivity index is 2.44. The van der Waals surface area contributed by atoms with Gasteiger partial charge in [-0.05, 0) is 60.4 Å². The molecule has 0 radical (unpaired) electrons. The Morgan fingerprint density at radius 2 is 1.96 bits per heavy atom. The van der Waals surface area contributed by atoms with Gasteiger partial charge in [0.15, 0.2) is 0 Å². The molecule has 1 aromatic heterocycles. The first-order valence-corrected chi connectivity index (χ1v) is 9.37. The van der Waals surface area contributed by atoms with Crippen LogP contribution < -0.4 is 0 Å². The number of halogens is 3. The number of nitrogens with zero attached hydrogens (tertiary/aromatic N) is 1. The van der Waals surface area contributed by atoms with Gasteiger partial charge in [-0.3, -0.25) is 9.78 Å². The number of benzene rings is 2. The minimum atomic E-state index is -0.919. The van der Waals surface area contributed by atoms with Crippen molar-refractivity contribution in [3.63, 3.8) is 0 Å². The number of carboxylic acid groups (broad SMARTS) is 1. The zero-order valence-electron chi connectivity index (χ0n) is 14.9. The van der Waals surface area contributed by atoms with Crippen molar-refractivity contribution in [2.75, 3.05) is 0 Å². The summed E-state index contributed by atoms with van der Waals surface area (Å²) < 4.78 is 13.7.